The molecule has 0 saturated carbocycles. The smallest absolute Gasteiger partial charge is 0.253 e. The van der Waals surface area contributed by atoms with Crippen LogP contribution in [0.15, 0.2) is 35.5 Å². The van der Waals surface area contributed by atoms with Gasteiger partial charge < -0.3 is 15.5 Å². The van der Waals surface area contributed by atoms with Crippen molar-refractivity contribution in [3.63, 3.8) is 0 Å². The number of aliphatic imine (C=N–C) groups is 1. The lowest BCUT2D eigenvalue weighted by Crippen LogP contribution is -2.38. The van der Waals surface area contributed by atoms with Crippen molar-refractivity contribution in [3.05, 3.63) is 51.5 Å². The molecule has 0 fully saturated rings. The molecule has 0 aliphatic heterocycles. The molecule has 0 saturated heterocycles. The third-order valence-electron chi connectivity index (χ3n) is 3.90. The van der Waals surface area contributed by atoms with Gasteiger partial charge in [-0.15, -0.1) is 35.3 Å². The molecule has 1 amide bonds. The number of nitrogens with one attached hydrogen (secondary N) is 2. The molecular weight excluding hydrogens is 485 g/mol. The summed E-state index contributed by atoms with van der Waals surface area (Å²) >= 11 is 1.72. The highest BCUT2D eigenvalue weighted by atomic mass is 127. The predicted octanol–water partition coefficient (Wildman–Crippen LogP) is 3.11. The van der Waals surface area contributed by atoms with E-state index in [1.165, 1.54) is 4.88 Å². The summed E-state index contributed by atoms with van der Waals surface area (Å²) in [4.78, 5) is 23.9. The first-order valence-electron chi connectivity index (χ1n) is 9.23. The molecule has 0 unspecified atom stereocenters. The molecule has 6 nitrogen and oxygen atoms in total. The summed E-state index contributed by atoms with van der Waals surface area (Å²) in [5, 5.41) is 7.74. The van der Waals surface area contributed by atoms with Crippen molar-refractivity contribution in [1.82, 2.24) is 20.5 Å². The molecule has 28 heavy (non-hydrogen) atoms. The average Bonchev–Trinajstić information content (AvgIpc) is 3.06. The van der Waals surface area contributed by atoms with Gasteiger partial charge in [0.1, 0.15) is 0 Å². The van der Waals surface area contributed by atoms with Crippen LogP contribution in [0.25, 0.3) is 0 Å². The Morgan fingerprint density at radius 1 is 1.25 bits per heavy atom. The third-order valence-corrected chi connectivity index (χ3v) is 4.87. The molecular formula is C20H30IN5OS. The number of hydrogen-bond donors (Lipinski definition) is 2. The van der Waals surface area contributed by atoms with Crippen LogP contribution in [0.5, 0.6) is 0 Å². The molecule has 1 heterocycles. The molecule has 0 aliphatic rings. The predicted molar refractivity (Wildman–Crippen MR) is 128 cm³/mol. The highest BCUT2D eigenvalue weighted by molar-refractivity contribution is 14.0. The molecule has 8 heteroatoms. The van der Waals surface area contributed by atoms with Crippen molar-refractivity contribution >= 4 is 47.2 Å². The number of hydrogen-bond acceptors (Lipinski definition) is 4. The van der Waals surface area contributed by atoms with E-state index in [4.69, 9.17) is 0 Å². The van der Waals surface area contributed by atoms with Crippen LogP contribution >= 0.6 is 35.3 Å². The molecule has 2 aromatic rings. The molecule has 1 aromatic heterocycles. The zero-order valence-electron chi connectivity index (χ0n) is 17.0. The standard InChI is InChI=1S/C20H29N5OS.HI/c1-5-21-20(23-12-10-18-24-14-15(2)27-18)22-11-9-16-7-6-8-17(13-16)19(26)25(3)4;/h6-8,13-14H,5,9-12H2,1-4H3,(H2,21,22,23);1H. The van der Waals surface area contributed by atoms with Crippen molar-refractivity contribution in [1.29, 1.82) is 0 Å². The Bertz CT molecular complexity index is 775. The maximum Gasteiger partial charge on any atom is 0.253 e. The maximum atomic E-state index is 12.1. The summed E-state index contributed by atoms with van der Waals surface area (Å²) in [5.74, 6) is 0.837. The van der Waals surface area contributed by atoms with Crippen molar-refractivity contribution < 1.29 is 4.79 Å². The van der Waals surface area contributed by atoms with E-state index >= 15 is 0 Å². The number of amides is 1. The van der Waals surface area contributed by atoms with Crippen LogP contribution in [0.1, 0.15) is 32.7 Å². The maximum absolute atomic E-state index is 12.1. The van der Waals surface area contributed by atoms with E-state index in [9.17, 15) is 4.79 Å². The van der Waals surface area contributed by atoms with E-state index in [1.54, 1.807) is 30.3 Å². The summed E-state index contributed by atoms with van der Waals surface area (Å²) in [6.07, 6.45) is 3.58. The third kappa shape index (κ3) is 8.14. The fourth-order valence-electron chi connectivity index (χ4n) is 2.57. The van der Waals surface area contributed by atoms with Crippen molar-refractivity contribution in [2.45, 2.75) is 26.7 Å². The normalized spacial score (nSPS) is 10.9. The molecule has 0 bridgehead atoms. The van der Waals surface area contributed by atoms with E-state index in [0.29, 0.717) is 6.54 Å². The Balaban J connectivity index is 0.00000392. The van der Waals surface area contributed by atoms with E-state index < -0.39 is 0 Å². The Morgan fingerprint density at radius 3 is 2.68 bits per heavy atom. The number of aromatic nitrogens is 1. The Morgan fingerprint density at radius 2 is 2.04 bits per heavy atom. The molecule has 2 rings (SSSR count). The van der Waals surface area contributed by atoms with Gasteiger partial charge in [0.05, 0.1) is 5.01 Å². The minimum absolute atomic E-state index is 0. The van der Waals surface area contributed by atoms with Gasteiger partial charge in [-0.25, -0.2) is 4.98 Å². The fraction of sp³-hybridized carbons (Fsp3) is 0.450. The largest absolute Gasteiger partial charge is 0.357 e. The number of thiazole rings is 1. The lowest BCUT2D eigenvalue weighted by Gasteiger charge is -2.13. The highest BCUT2D eigenvalue weighted by Crippen LogP contribution is 2.11. The SMILES string of the molecule is CCNC(=NCCc1ncc(C)s1)NCCc1cccc(C(=O)N(C)C)c1.I. The average molecular weight is 515 g/mol. The summed E-state index contributed by atoms with van der Waals surface area (Å²) in [6.45, 7) is 6.39. The number of halogens is 1. The molecule has 0 spiro atoms. The minimum atomic E-state index is 0. The van der Waals surface area contributed by atoms with Crippen LogP contribution in [-0.2, 0) is 12.8 Å². The van der Waals surface area contributed by atoms with Gasteiger partial charge in [0.2, 0.25) is 0 Å². The highest BCUT2D eigenvalue weighted by Gasteiger charge is 2.08. The molecule has 2 N–H and O–H groups in total. The van der Waals surface area contributed by atoms with Crippen LogP contribution in [-0.4, -0.2) is 55.5 Å². The molecule has 154 valence electrons. The summed E-state index contributed by atoms with van der Waals surface area (Å²) in [7, 11) is 3.53. The lowest BCUT2D eigenvalue weighted by molar-refractivity contribution is 0.0827. The van der Waals surface area contributed by atoms with E-state index in [1.807, 2.05) is 30.5 Å². The van der Waals surface area contributed by atoms with Crippen LogP contribution in [0.3, 0.4) is 0 Å². The second kappa shape index (κ2) is 12.7. The number of benzene rings is 1. The molecule has 0 radical (unpaired) electrons. The number of carbonyl (C=O) groups excluding carboxylic acids is 1. The van der Waals surface area contributed by atoms with Gasteiger partial charge in [-0.1, -0.05) is 12.1 Å². The fourth-order valence-corrected chi connectivity index (χ4v) is 3.34. The van der Waals surface area contributed by atoms with E-state index in [2.05, 4.69) is 34.5 Å². The number of nitrogens with zero attached hydrogens (tertiary/aromatic N) is 3. The van der Waals surface area contributed by atoms with E-state index in [-0.39, 0.29) is 29.9 Å². The summed E-state index contributed by atoms with van der Waals surface area (Å²) in [6, 6.07) is 7.79. The van der Waals surface area contributed by atoms with E-state index in [0.717, 1.165) is 48.0 Å². The van der Waals surface area contributed by atoms with Gasteiger partial charge in [-0.3, -0.25) is 9.79 Å². The quantitative estimate of drug-likeness (QED) is 0.322. The molecule has 1 aromatic carbocycles. The summed E-state index contributed by atoms with van der Waals surface area (Å²) < 4.78 is 0. The number of carbonyl (C=O) groups is 1. The van der Waals surface area contributed by atoms with Crippen LogP contribution in [0, 0.1) is 6.92 Å². The Labute approximate surface area is 188 Å². The number of guanidine groups is 1. The van der Waals surface area contributed by atoms with Gasteiger partial charge in [0, 0.05) is 56.8 Å². The monoisotopic (exact) mass is 515 g/mol. The zero-order valence-corrected chi connectivity index (χ0v) is 20.1. The van der Waals surface area contributed by atoms with Crippen LogP contribution < -0.4 is 10.6 Å². The Kier molecular flexibility index (Phi) is 11.1. The number of rotatable bonds is 8. The first kappa shape index (κ1) is 24.4. The topological polar surface area (TPSA) is 69.6 Å². The summed E-state index contributed by atoms with van der Waals surface area (Å²) in [5.41, 5.74) is 1.85. The lowest BCUT2D eigenvalue weighted by atomic mass is 10.1. The van der Waals surface area contributed by atoms with Crippen LogP contribution in [0.4, 0.5) is 0 Å². The second-order valence-corrected chi connectivity index (χ2v) is 7.77. The molecule has 0 aliphatic carbocycles. The van der Waals surface area contributed by atoms with Gasteiger partial charge in [-0.2, -0.15) is 0 Å². The number of aryl methyl sites for hydroxylation is 1. The second-order valence-electron chi connectivity index (χ2n) is 6.45. The Hall–Kier alpha value is -1.68. The van der Waals surface area contributed by atoms with Gasteiger partial charge in [0.15, 0.2) is 5.96 Å². The zero-order chi connectivity index (χ0) is 19.6. The van der Waals surface area contributed by atoms with Crippen molar-refractivity contribution in [2.24, 2.45) is 4.99 Å². The molecule has 0 atom stereocenters. The first-order valence-corrected chi connectivity index (χ1v) is 10.0. The van der Waals surface area contributed by atoms with Crippen molar-refractivity contribution in [2.75, 3.05) is 33.7 Å². The van der Waals surface area contributed by atoms with Gasteiger partial charge in [0.25, 0.3) is 5.91 Å². The van der Waals surface area contributed by atoms with Crippen molar-refractivity contribution in [3.8, 4) is 0 Å². The minimum Gasteiger partial charge on any atom is -0.357 e. The van der Waals surface area contributed by atoms with Gasteiger partial charge in [-0.05, 0) is 38.0 Å². The van der Waals surface area contributed by atoms with Crippen LogP contribution in [0.2, 0.25) is 0 Å². The first-order chi connectivity index (χ1) is 13.0. The van der Waals surface area contributed by atoms with Gasteiger partial charge >= 0.3 is 0 Å².